The summed E-state index contributed by atoms with van der Waals surface area (Å²) < 4.78 is 5.65. The van der Waals surface area contributed by atoms with Crippen LogP contribution in [0.4, 0.5) is 0 Å². The second-order valence-corrected chi connectivity index (χ2v) is 7.59. The van der Waals surface area contributed by atoms with Crippen LogP contribution in [0.3, 0.4) is 0 Å². The second kappa shape index (κ2) is 8.13. The standard InChI is InChI=1S/C25H23N3O2/c29-25(13-12-24-26-22-10-3-4-11-23(22)30-24)28-16-14-27(15-17-28)18-20-8-5-7-19-6-1-2-9-21(19)20/h1-13H,14-18H2. The van der Waals surface area contributed by atoms with Crippen molar-refractivity contribution >= 4 is 33.9 Å². The number of oxazole rings is 1. The number of para-hydroxylation sites is 2. The molecule has 0 unspecified atom stereocenters. The van der Waals surface area contributed by atoms with Crippen molar-refractivity contribution in [3.8, 4) is 0 Å². The van der Waals surface area contributed by atoms with Gasteiger partial charge in [-0.1, -0.05) is 54.6 Å². The minimum absolute atomic E-state index is 0.00191. The number of aromatic nitrogens is 1. The first-order valence-corrected chi connectivity index (χ1v) is 10.3. The zero-order chi connectivity index (χ0) is 20.3. The lowest BCUT2D eigenvalue weighted by atomic mass is 10.0. The highest BCUT2D eigenvalue weighted by Crippen LogP contribution is 2.21. The van der Waals surface area contributed by atoms with Crippen molar-refractivity contribution in [3.05, 3.63) is 84.3 Å². The Morgan fingerprint density at radius 1 is 0.933 bits per heavy atom. The van der Waals surface area contributed by atoms with Gasteiger partial charge in [-0.3, -0.25) is 9.69 Å². The number of carbonyl (C=O) groups is 1. The summed E-state index contributed by atoms with van der Waals surface area (Å²) in [7, 11) is 0. The van der Waals surface area contributed by atoms with Crippen LogP contribution in [0, 0.1) is 0 Å². The van der Waals surface area contributed by atoms with Gasteiger partial charge in [0.15, 0.2) is 5.58 Å². The molecule has 1 aliphatic heterocycles. The third-order valence-electron chi connectivity index (χ3n) is 5.64. The molecule has 1 amide bonds. The van der Waals surface area contributed by atoms with E-state index in [1.54, 1.807) is 12.2 Å². The zero-order valence-electron chi connectivity index (χ0n) is 16.7. The monoisotopic (exact) mass is 397 g/mol. The van der Waals surface area contributed by atoms with Crippen LogP contribution in [0.15, 0.2) is 77.2 Å². The number of rotatable bonds is 4. The van der Waals surface area contributed by atoms with Crippen LogP contribution in [0.2, 0.25) is 0 Å². The van der Waals surface area contributed by atoms with E-state index in [1.807, 2.05) is 29.2 Å². The van der Waals surface area contributed by atoms with Crippen molar-refractivity contribution in [2.45, 2.75) is 6.54 Å². The predicted octanol–water partition coefficient (Wildman–Crippen LogP) is 4.34. The molecule has 1 aromatic heterocycles. The van der Waals surface area contributed by atoms with Crippen molar-refractivity contribution in [2.24, 2.45) is 0 Å². The Morgan fingerprint density at radius 3 is 2.57 bits per heavy atom. The van der Waals surface area contributed by atoms with Crippen molar-refractivity contribution in [2.75, 3.05) is 26.2 Å². The summed E-state index contributed by atoms with van der Waals surface area (Å²) in [4.78, 5) is 21.3. The number of carbonyl (C=O) groups excluding carboxylic acids is 1. The van der Waals surface area contributed by atoms with E-state index in [-0.39, 0.29) is 5.91 Å². The highest BCUT2D eigenvalue weighted by Gasteiger charge is 2.20. The van der Waals surface area contributed by atoms with Crippen LogP contribution in [-0.4, -0.2) is 46.9 Å². The second-order valence-electron chi connectivity index (χ2n) is 7.59. The molecule has 0 spiro atoms. The quantitative estimate of drug-likeness (QED) is 0.481. The van der Waals surface area contributed by atoms with E-state index in [0.29, 0.717) is 5.89 Å². The summed E-state index contributed by atoms with van der Waals surface area (Å²) in [5.74, 6) is 0.459. The van der Waals surface area contributed by atoms with E-state index < -0.39 is 0 Å². The Balaban J connectivity index is 1.19. The highest BCUT2D eigenvalue weighted by atomic mass is 16.3. The maximum atomic E-state index is 12.6. The zero-order valence-corrected chi connectivity index (χ0v) is 16.7. The summed E-state index contributed by atoms with van der Waals surface area (Å²) in [6, 6.07) is 22.6. The van der Waals surface area contributed by atoms with Crippen molar-refractivity contribution in [3.63, 3.8) is 0 Å². The van der Waals surface area contributed by atoms with Crippen LogP contribution in [0.25, 0.3) is 27.9 Å². The van der Waals surface area contributed by atoms with Crippen LogP contribution >= 0.6 is 0 Å². The SMILES string of the molecule is O=C(C=Cc1nc2ccccc2o1)N1CCN(Cc2cccc3ccccc23)CC1. The molecule has 1 saturated heterocycles. The molecular weight excluding hydrogens is 374 g/mol. The molecule has 0 atom stereocenters. The van der Waals surface area contributed by atoms with Gasteiger partial charge in [0.2, 0.25) is 11.8 Å². The minimum atomic E-state index is 0.00191. The van der Waals surface area contributed by atoms with Gasteiger partial charge in [-0.2, -0.15) is 0 Å². The molecule has 30 heavy (non-hydrogen) atoms. The number of piperazine rings is 1. The Bertz CT molecular complexity index is 1180. The first-order chi connectivity index (χ1) is 14.8. The fourth-order valence-corrected chi connectivity index (χ4v) is 4.01. The summed E-state index contributed by atoms with van der Waals surface area (Å²) in [6.07, 6.45) is 3.22. The van der Waals surface area contributed by atoms with Gasteiger partial charge in [0.05, 0.1) is 0 Å². The van der Waals surface area contributed by atoms with Crippen LogP contribution < -0.4 is 0 Å². The van der Waals surface area contributed by atoms with Gasteiger partial charge in [-0.25, -0.2) is 4.98 Å². The average molecular weight is 397 g/mol. The molecule has 4 aromatic rings. The molecule has 150 valence electrons. The summed E-state index contributed by atoms with van der Waals surface area (Å²) in [5, 5.41) is 2.58. The summed E-state index contributed by atoms with van der Waals surface area (Å²) in [5.41, 5.74) is 2.86. The van der Waals surface area contributed by atoms with Gasteiger partial charge in [-0.05, 0) is 28.5 Å². The molecule has 1 aliphatic rings. The van der Waals surface area contributed by atoms with E-state index in [1.165, 1.54) is 16.3 Å². The molecule has 3 aromatic carbocycles. The van der Waals surface area contributed by atoms with Crippen molar-refractivity contribution in [1.82, 2.24) is 14.8 Å². The molecule has 1 fully saturated rings. The first-order valence-electron chi connectivity index (χ1n) is 10.3. The Morgan fingerprint density at radius 2 is 1.70 bits per heavy atom. The van der Waals surface area contributed by atoms with Crippen molar-refractivity contribution < 1.29 is 9.21 Å². The lowest BCUT2D eigenvalue weighted by Gasteiger charge is -2.34. The lowest BCUT2D eigenvalue weighted by molar-refractivity contribution is -0.127. The molecule has 0 saturated carbocycles. The molecule has 5 rings (SSSR count). The molecular formula is C25H23N3O2. The van der Waals surface area contributed by atoms with Gasteiger partial charge < -0.3 is 9.32 Å². The topological polar surface area (TPSA) is 49.6 Å². The molecule has 0 N–H and O–H groups in total. The summed E-state index contributed by atoms with van der Waals surface area (Å²) in [6.45, 7) is 4.09. The van der Waals surface area contributed by atoms with Crippen molar-refractivity contribution in [1.29, 1.82) is 0 Å². The smallest absolute Gasteiger partial charge is 0.246 e. The highest BCUT2D eigenvalue weighted by molar-refractivity contribution is 5.91. The van der Waals surface area contributed by atoms with E-state index in [0.717, 1.165) is 43.8 Å². The fourth-order valence-electron chi connectivity index (χ4n) is 4.01. The lowest BCUT2D eigenvalue weighted by Crippen LogP contribution is -2.47. The number of hydrogen-bond donors (Lipinski definition) is 0. The van der Waals surface area contributed by atoms with Gasteiger partial charge in [0.1, 0.15) is 5.52 Å². The van der Waals surface area contributed by atoms with Crippen LogP contribution in [-0.2, 0) is 11.3 Å². The molecule has 5 heteroatoms. The Hall–Kier alpha value is -3.44. The maximum absolute atomic E-state index is 12.6. The third-order valence-corrected chi connectivity index (χ3v) is 5.64. The van der Waals surface area contributed by atoms with E-state index in [9.17, 15) is 4.79 Å². The maximum Gasteiger partial charge on any atom is 0.246 e. The fraction of sp³-hybridized carbons (Fsp3) is 0.200. The Kier molecular flexibility index (Phi) is 5.03. The van der Waals surface area contributed by atoms with Gasteiger partial charge in [0, 0.05) is 44.9 Å². The van der Waals surface area contributed by atoms with Crippen LogP contribution in [0.5, 0.6) is 0 Å². The average Bonchev–Trinajstić information content (AvgIpc) is 3.21. The normalized spacial score (nSPS) is 15.4. The van der Waals surface area contributed by atoms with Gasteiger partial charge in [0.25, 0.3) is 0 Å². The van der Waals surface area contributed by atoms with Crippen LogP contribution in [0.1, 0.15) is 11.5 Å². The number of nitrogens with zero attached hydrogens (tertiary/aromatic N) is 3. The van der Waals surface area contributed by atoms with Gasteiger partial charge in [-0.15, -0.1) is 0 Å². The molecule has 0 bridgehead atoms. The van der Waals surface area contributed by atoms with Gasteiger partial charge >= 0.3 is 0 Å². The number of fused-ring (bicyclic) bond motifs is 2. The minimum Gasteiger partial charge on any atom is -0.437 e. The van der Waals surface area contributed by atoms with E-state index in [4.69, 9.17) is 4.42 Å². The summed E-state index contributed by atoms with van der Waals surface area (Å²) >= 11 is 0. The molecule has 0 radical (unpaired) electrons. The third kappa shape index (κ3) is 3.84. The first kappa shape index (κ1) is 18.6. The number of benzene rings is 3. The van der Waals surface area contributed by atoms with E-state index in [2.05, 4.69) is 52.3 Å². The molecule has 2 heterocycles. The molecule has 5 nitrogen and oxygen atoms in total. The Labute approximate surface area is 175 Å². The predicted molar refractivity (Wildman–Crippen MR) is 119 cm³/mol. The largest absolute Gasteiger partial charge is 0.437 e. The number of amides is 1. The van der Waals surface area contributed by atoms with E-state index >= 15 is 0 Å². The number of hydrogen-bond acceptors (Lipinski definition) is 4. The molecule has 0 aliphatic carbocycles.